The van der Waals surface area contributed by atoms with Gasteiger partial charge in [-0.2, -0.15) is 10.2 Å². The molecule has 3 rings (SSSR count). The van der Waals surface area contributed by atoms with E-state index in [0.29, 0.717) is 32.4 Å². The molecule has 0 aromatic heterocycles. The van der Waals surface area contributed by atoms with E-state index in [0.717, 1.165) is 77.8 Å². The summed E-state index contributed by atoms with van der Waals surface area (Å²) in [5.74, 6) is -1.08. The Bertz CT molecular complexity index is 839. The molecule has 0 aromatic carbocycles. The van der Waals surface area contributed by atoms with Crippen molar-refractivity contribution in [2.75, 3.05) is 52.4 Å². The fourth-order valence-corrected chi connectivity index (χ4v) is 6.90. The van der Waals surface area contributed by atoms with Crippen LogP contribution in [0.3, 0.4) is 0 Å². The summed E-state index contributed by atoms with van der Waals surface area (Å²) in [6, 6.07) is -1.29. The SMILES string of the molecule is CCN(CC)CCCNC(=O)C1CC(N=NC2C(=O)NC3CCCCC3[C@H]2O)CC(C(=O)NCCCN(CC)CC)C1. The van der Waals surface area contributed by atoms with E-state index < -0.39 is 12.1 Å². The van der Waals surface area contributed by atoms with Crippen LogP contribution in [0.2, 0.25) is 0 Å². The minimum atomic E-state index is -0.939. The zero-order chi connectivity index (χ0) is 30.5. The van der Waals surface area contributed by atoms with Crippen molar-refractivity contribution in [1.82, 2.24) is 25.8 Å². The summed E-state index contributed by atoms with van der Waals surface area (Å²) >= 11 is 0. The molecule has 240 valence electrons. The Labute approximate surface area is 253 Å². The molecule has 0 radical (unpaired) electrons. The highest BCUT2D eigenvalue weighted by Gasteiger charge is 2.45. The number of aliphatic hydroxyl groups is 1. The van der Waals surface area contributed by atoms with Gasteiger partial charge >= 0.3 is 0 Å². The second-order valence-electron chi connectivity index (χ2n) is 12.3. The Balaban J connectivity index is 1.62. The van der Waals surface area contributed by atoms with E-state index in [1.54, 1.807) is 0 Å². The first-order valence-electron chi connectivity index (χ1n) is 16.7. The van der Waals surface area contributed by atoms with Crippen LogP contribution in [0.25, 0.3) is 0 Å². The second-order valence-corrected chi connectivity index (χ2v) is 12.3. The van der Waals surface area contributed by atoms with Gasteiger partial charge in [0.25, 0.3) is 0 Å². The molecule has 4 N–H and O–H groups in total. The molecular formula is C31H57N7O4. The van der Waals surface area contributed by atoms with Gasteiger partial charge in [0, 0.05) is 36.9 Å². The van der Waals surface area contributed by atoms with Crippen molar-refractivity contribution in [3.05, 3.63) is 0 Å². The van der Waals surface area contributed by atoms with Crippen LogP contribution < -0.4 is 16.0 Å². The molecule has 5 unspecified atom stereocenters. The van der Waals surface area contributed by atoms with E-state index >= 15 is 0 Å². The van der Waals surface area contributed by atoms with E-state index in [4.69, 9.17) is 0 Å². The Morgan fingerprint density at radius 1 is 0.833 bits per heavy atom. The number of piperidine rings is 1. The molecule has 11 heteroatoms. The van der Waals surface area contributed by atoms with Crippen LogP contribution in [0.4, 0.5) is 0 Å². The van der Waals surface area contributed by atoms with Crippen LogP contribution in [0.15, 0.2) is 10.2 Å². The highest BCUT2D eigenvalue weighted by atomic mass is 16.3. The number of fused-ring (bicyclic) bond motifs is 1. The van der Waals surface area contributed by atoms with Crippen molar-refractivity contribution in [3.63, 3.8) is 0 Å². The summed E-state index contributed by atoms with van der Waals surface area (Å²) in [4.78, 5) is 43.9. The monoisotopic (exact) mass is 591 g/mol. The summed E-state index contributed by atoms with van der Waals surface area (Å²) in [5, 5.41) is 29.1. The Morgan fingerprint density at radius 3 is 1.88 bits per heavy atom. The first-order chi connectivity index (χ1) is 20.3. The molecule has 3 aliphatic rings. The van der Waals surface area contributed by atoms with Crippen molar-refractivity contribution < 1.29 is 19.5 Å². The van der Waals surface area contributed by atoms with Crippen LogP contribution >= 0.6 is 0 Å². The number of carbonyl (C=O) groups is 3. The van der Waals surface area contributed by atoms with Crippen LogP contribution in [0.1, 0.15) is 85.5 Å². The first-order valence-corrected chi connectivity index (χ1v) is 16.7. The van der Waals surface area contributed by atoms with Crippen molar-refractivity contribution in [2.24, 2.45) is 28.0 Å². The number of hydrogen-bond donors (Lipinski definition) is 4. The number of nitrogens with one attached hydrogen (secondary N) is 3. The molecule has 2 aliphatic carbocycles. The molecule has 0 bridgehead atoms. The van der Waals surface area contributed by atoms with Crippen LogP contribution in [-0.2, 0) is 14.4 Å². The molecule has 1 aliphatic heterocycles. The summed E-state index contributed by atoms with van der Waals surface area (Å²) in [6.07, 6.45) is 6.18. The zero-order valence-electron chi connectivity index (χ0n) is 26.5. The molecule has 11 nitrogen and oxygen atoms in total. The molecule has 3 fully saturated rings. The van der Waals surface area contributed by atoms with Crippen molar-refractivity contribution >= 4 is 17.7 Å². The third kappa shape index (κ3) is 9.98. The van der Waals surface area contributed by atoms with E-state index in [1.807, 2.05) is 0 Å². The highest BCUT2D eigenvalue weighted by Crippen LogP contribution is 2.34. The first kappa shape index (κ1) is 34.4. The summed E-state index contributed by atoms with van der Waals surface area (Å²) < 4.78 is 0. The van der Waals surface area contributed by atoms with Gasteiger partial charge in [-0.1, -0.05) is 40.5 Å². The van der Waals surface area contributed by atoms with Crippen LogP contribution in [0, 0.1) is 17.8 Å². The molecular weight excluding hydrogens is 534 g/mol. The number of azo groups is 1. The number of rotatable bonds is 16. The maximum atomic E-state index is 13.2. The van der Waals surface area contributed by atoms with Gasteiger partial charge in [-0.25, -0.2) is 0 Å². The number of hydrogen-bond acceptors (Lipinski definition) is 8. The Hall–Kier alpha value is -2.11. The normalized spacial score (nSPS) is 29.9. The van der Waals surface area contributed by atoms with Gasteiger partial charge in [-0.3, -0.25) is 14.4 Å². The summed E-state index contributed by atoms with van der Waals surface area (Å²) in [5.41, 5.74) is 0. The minimum absolute atomic E-state index is 0.00325. The standard InChI is InChI=1S/C31H57N7O4/c1-5-37(6-2)17-11-15-32-29(40)22-19-23(30(41)33-16-12-18-38(7-3)8-4)21-24(20-22)35-36-27-28(39)25-13-9-10-14-26(25)34-31(27)42/h22-28,39H,5-21H2,1-4H3,(H,32,40)(H,33,41)(H,34,42)/t22?,23?,24?,25?,26?,27?,28-/m1/s1. The third-order valence-electron chi connectivity index (χ3n) is 9.65. The second kappa shape index (κ2) is 17.9. The topological polar surface area (TPSA) is 139 Å². The largest absolute Gasteiger partial charge is 0.390 e. The lowest BCUT2D eigenvalue weighted by Gasteiger charge is -2.41. The number of amides is 3. The van der Waals surface area contributed by atoms with Gasteiger partial charge in [0.2, 0.25) is 17.7 Å². The van der Waals surface area contributed by atoms with E-state index in [9.17, 15) is 19.5 Å². The zero-order valence-corrected chi connectivity index (χ0v) is 26.5. The fraction of sp³-hybridized carbons (Fsp3) is 0.903. The molecule has 6 atom stereocenters. The maximum absolute atomic E-state index is 13.2. The van der Waals surface area contributed by atoms with Gasteiger partial charge in [0.05, 0.1) is 12.1 Å². The van der Waals surface area contributed by atoms with E-state index in [2.05, 4.69) is 63.7 Å². The quantitative estimate of drug-likeness (QED) is 0.161. The lowest BCUT2D eigenvalue weighted by atomic mass is 9.76. The van der Waals surface area contributed by atoms with Gasteiger partial charge in [-0.05, 0) is 84.2 Å². The molecule has 0 spiro atoms. The number of nitrogens with zero attached hydrogens (tertiary/aromatic N) is 4. The van der Waals surface area contributed by atoms with E-state index in [-0.39, 0.29) is 47.6 Å². The van der Waals surface area contributed by atoms with Gasteiger partial charge < -0.3 is 30.9 Å². The third-order valence-corrected chi connectivity index (χ3v) is 9.65. The molecule has 3 amide bonds. The molecule has 1 heterocycles. The fourth-order valence-electron chi connectivity index (χ4n) is 6.90. The van der Waals surface area contributed by atoms with Gasteiger partial charge in [-0.15, -0.1) is 0 Å². The van der Waals surface area contributed by atoms with Crippen molar-refractivity contribution in [2.45, 2.75) is 110 Å². The highest BCUT2D eigenvalue weighted by molar-refractivity contribution is 5.84. The lowest BCUT2D eigenvalue weighted by Crippen LogP contribution is -2.60. The average molecular weight is 592 g/mol. The van der Waals surface area contributed by atoms with Crippen LogP contribution in [-0.4, -0.2) is 109 Å². The lowest BCUT2D eigenvalue weighted by molar-refractivity contribution is -0.133. The number of aliphatic hydroxyl groups excluding tert-OH is 1. The summed E-state index contributed by atoms with van der Waals surface area (Å²) in [7, 11) is 0. The van der Waals surface area contributed by atoms with Gasteiger partial charge in [0.15, 0.2) is 6.04 Å². The van der Waals surface area contributed by atoms with E-state index in [1.165, 1.54) is 0 Å². The average Bonchev–Trinajstić information content (AvgIpc) is 3.00. The predicted molar refractivity (Wildman–Crippen MR) is 164 cm³/mol. The minimum Gasteiger partial charge on any atom is -0.390 e. The molecule has 2 saturated carbocycles. The molecule has 42 heavy (non-hydrogen) atoms. The Kier molecular flexibility index (Phi) is 14.6. The Morgan fingerprint density at radius 2 is 1.36 bits per heavy atom. The van der Waals surface area contributed by atoms with Crippen molar-refractivity contribution in [1.29, 1.82) is 0 Å². The van der Waals surface area contributed by atoms with Gasteiger partial charge in [0.1, 0.15) is 0 Å². The smallest absolute Gasteiger partial charge is 0.249 e. The molecule has 0 aromatic rings. The maximum Gasteiger partial charge on any atom is 0.249 e. The van der Waals surface area contributed by atoms with Crippen molar-refractivity contribution in [3.8, 4) is 0 Å². The number of carbonyl (C=O) groups excluding carboxylic acids is 3. The molecule has 1 saturated heterocycles. The predicted octanol–water partition coefficient (Wildman–Crippen LogP) is 2.34. The van der Waals surface area contributed by atoms with Crippen LogP contribution in [0.5, 0.6) is 0 Å². The summed E-state index contributed by atoms with van der Waals surface area (Å²) in [6.45, 7) is 15.5.